The topological polar surface area (TPSA) is 32.3 Å². The second kappa shape index (κ2) is 3.58. The smallest absolute Gasteiger partial charge is 0.129 e. The van der Waals surface area contributed by atoms with Gasteiger partial charge in [-0.05, 0) is 26.3 Å². The van der Waals surface area contributed by atoms with Crippen LogP contribution in [0.5, 0.6) is 0 Å². The van der Waals surface area contributed by atoms with E-state index in [4.69, 9.17) is 0 Å². The van der Waals surface area contributed by atoms with Crippen molar-refractivity contribution in [1.82, 2.24) is 5.32 Å². The molecular weight excluding hydrogens is 193 g/mol. The number of nitrogens with one attached hydrogen (secondary N) is 1. The molecule has 0 spiro atoms. The lowest BCUT2D eigenvalue weighted by atomic mass is 9.80. The van der Waals surface area contributed by atoms with Gasteiger partial charge in [-0.2, -0.15) is 0 Å². The molecule has 1 heterocycles. The largest absolute Gasteiger partial charge is 0.387 e. The lowest BCUT2D eigenvalue weighted by Crippen LogP contribution is -2.62. The fourth-order valence-corrected chi connectivity index (χ4v) is 2.15. The normalized spacial score (nSPS) is 25.7. The molecule has 2 atom stereocenters. The summed E-state index contributed by atoms with van der Waals surface area (Å²) in [6, 6.07) is 6.35. The standard InChI is InChI=1S/C12H16FNO/c1-12(2)7-10(14-12)11(15)8-5-3-4-6-9(8)13/h3-6,10-11,14-15H,7H2,1-2H3/t10-,11-/m1/s1. The third-order valence-electron chi connectivity index (χ3n) is 2.91. The van der Waals surface area contributed by atoms with Crippen molar-refractivity contribution in [2.45, 2.75) is 38.0 Å². The molecule has 0 bridgehead atoms. The van der Waals surface area contributed by atoms with Crippen molar-refractivity contribution in [3.8, 4) is 0 Å². The van der Waals surface area contributed by atoms with E-state index < -0.39 is 6.10 Å². The average molecular weight is 209 g/mol. The van der Waals surface area contributed by atoms with Gasteiger partial charge in [0.15, 0.2) is 0 Å². The van der Waals surface area contributed by atoms with Crippen LogP contribution in [-0.2, 0) is 0 Å². The number of benzene rings is 1. The molecular formula is C12H16FNO. The van der Waals surface area contributed by atoms with Crippen molar-refractivity contribution in [2.24, 2.45) is 0 Å². The van der Waals surface area contributed by atoms with E-state index in [1.165, 1.54) is 6.07 Å². The summed E-state index contributed by atoms with van der Waals surface area (Å²) in [5.41, 5.74) is 0.446. The molecule has 0 aromatic heterocycles. The molecule has 1 fully saturated rings. The second-order valence-corrected chi connectivity index (χ2v) is 4.81. The third-order valence-corrected chi connectivity index (χ3v) is 2.91. The molecule has 0 saturated carbocycles. The number of halogens is 1. The third kappa shape index (κ3) is 2.03. The number of hydrogen-bond donors (Lipinski definition) is 2. The maximum absolute atomic E-state index is 13.4. The van der Waals surface area contributed by atoms with Crippen LogP contribution in [0.4, 0.5) is 4.39 Å². The number of hydrogen-bond acceptors (Lipinski definition) is 2. The van der Waals surface area contributed by atoms with Gasteiger partial charge in [0.25, 0.3) is 0 Å². The van der Waals surface area contributed by atoms with E-state index in [1.54, 1.807) is 18.2 Å². The van der Waals surface area contributed by atoms with Crippen molar-refractivity contribution in [2.75, 3.05) is 0 Å². The second-order valence-electron chi connectivity index (χ2n) is 4.81. The number of aliphatic hydroxyl groups is 1. The fraction of sp³-hybridized carbons (Fsp3) is 0.500. The molecule has 82 valence electrons. The van der Waals surface area contributed by atoms with E-state index in [9.17, 15) is 9.50 Å². The molecule has 2 rings (SSSR count). The Bertz CT molecular complexity index is 356. The Morgan fingerprint density at radius 3 is 2.60 bits per heavy atom. The van der Waals surface area contributed by atoms with E-state index >= 15 is 0 Å². The summed E-state index contributed by atoms with van der Waals surface area (Å²) < 4.78 is 13.4. The molecule has 3 heteroatoms. The van der Waals surface area contributed by atoms with Crippen LogP contribution in [0.15, 0.2) is 24.3 Å². The summed E-state index contributed by atoms with van der Waals surface area (Å²) in [5, 5.41) is 13.2. The Balaban J connectivity index is 2.10. The Kier molecular flexibility index (Phi) is 2.52. The molecule has 1 saturated heterocycles. The zero-order chi connectivity index (χ0) is 11.1. The van der Waals surface area contributed by atoms with E-state index in [-0.39, 0.29) is 17.4 Å². The van der Waals surface area contributed by atoms with Gasteiger partial charge in [-0.1, -0.05) is 18.2 Å². The van der Waals surface area contributed by atoms with Crippen LogP contribution < -0.4 is 5.32 Å². The maximum atomic E-state index is 13.4. The van der Waals surface area contributed by atoms with Gasteiger partial charge in [0, 0.05) is 17.1 Å². The van der Waals surface area contributed by atoms with Crippen LogP contribution in [0.3, 0.4) is 0 Å². The average Bonchev–Trinajstić information content (AvgIpc) is 2.14. The first-order chi connectivity index (χ1) is 6.99. The van der Waals surface area contributed by atoms with E-state index in [2.05, 4.69) is 19.2 Å². The number of rotatable bonds is 2. The lowest BCUT2D eigenvalue weighted by molar-refractivity contribution is 0.0369. The highest BCUT2D eigenvalue weighted by atomic mass is 19.1. The molecule has 0 aliphatic carbocycles. The van der Waals surface area contributed by atoms with E-state index in [0.717, 1.165) is 6.42 Å². The van der Waals surface area contributed by atoms with Gasteiger partial charge in [-0.3, -0.25) is 0 Å². The molecule has 1 aliphatic heterocycles. The molecule has 1 aromatic rings. The van der Waals surface area contributed by atoms with Crippen LogP contribution in [0.25, 0.3) is 0 Å². The summed E-state index contributed by atoms with van der Waals surface area (Å²) in [6.07, 6.45) is 0.113. The molecule has 15 heavy (non-hydrogen) atoms. The van der Waals surface area contributed by atoms with Gasteiger partial charge in [0.1, 0.15) is 5.82 Å². The minimum atomic E-state index is -0.751. The predicted octanol–water partition coefficient (Wildman–Crippen LogP) is 2.00. The van der Waals surface area contributed by atoms with Crippen LogP contribution in [0.1, 0.15) is 31.9 Å². The monoisotopic (exact) mass is 209 g/mol. The van der Waals surface area contributed by atoms with Gasteiger partial charge in [0.2, 0.25) is 0 Å². The highest BCUT2D eigenvalue weighted by Crippen LogP contribution is 2.32. The zero-order valence-corrected chi connectivity index (χ0v) is 9.00. The summed E-state index contributed by atoms with van der Waals surface area (Å²) in [7, 11) is 0. The lowest BCUT2D eigenvalue weighted by Gasteiger charge is -2.46. The summed E-state index contributed by atoms with van der Waals surface area (Å²) in [5.74, 6) is -0.337. The minimum Gasteiger partial charge on any atom is -0.387 e. The molecule has 1 aliphatic rings. The molecule has 1 aromatic carbocycles. The van der Waals surface area contributed by atoms with Crippen LogP contribution in [0.2, 0.25) is 0 Å². The highest BCUT2D eigenvalue weighted by molar-refractivity contribution is 5.22. The SMILES string of the molecule is CC1(C)C[C@H]([C@H](O)c2ccccc2F)N1. The number of aliphatic hydroxyl groups excluding tert-OH is 1. The molecule has 0 unspecified atom stereocenters. The van der Waals surface area contributed by atoms with E-state index in [0.29, 0.717) is 5.56 Å². The Hall–Kier alpha value is -0.930. The molecule has 0 amide bonds. The maximum Gasteiger partial charge on any atom is 0.129 e. The fourth-order valence-electron chi connectivity index (χ4n) is 2.15. The van der Waals surface area contributed by atoms with Crippen molar-refractivity contribution in [3.63, 3.8) is 0 Å². The zero-order valence-electron chi connectivity index (χ0n) is 9.00. The first kappa shape index (κ1) is 10.6. The minimum absolute atomic E-state index is 0.0306. The summed E-state index contributed by atoms with van der Waals surface area (Å²) in [6.45, 7) is 4.13. The van der Waals surface area contributed by atoms with Crippen molar-refractivity contribution >= 4 is 0 Å². The van der Waals surface area contributed by atoms with Crippen LogP contribution >= 0.6 is 0 Å². The quantitative estimate of drug-likeness (QED) is 0.780. The molecule has 2 nitrogen and oxygen atoms in total. The van der Waals surface area contributed by atoms with Gasteiger partial charge in [-0.15, -0.1) is 0 Å². The first-order valence-corrected chi connectivity index (χ1v) is 5.20. The van der Waals surface area contributed by atoms with Crippen molar-refractivity contribution in [1.29, 1.82) is 0 Å². The summed E-state index contributed by atoms with van der Waals surface area (Å²) >= 11 is 0. The van der Waals surface area contributed by atoms with Crippen LogP contribution in [0, 0.1) is 5.82 Å². The van der Waals surface area contributed by atoms with Gasteiger partial charge in [0.05, 0.1) is 6.10 Å². The van der Waals surface area contributed by atoms with Crippen molar-refractivity contribution < 1.29 is 9.50 Å². The van der Waals surface area contributed by atoms with E-state index in [1.807, 2.05) is 0 Å². The van der Waals surface area contributed by atoms with Crippen molar-refractivity contribution in [3.05, 3.63) is 35.6 Å². The van der Waals surface area contributed by atoms with Gasteiger partial charge >= 0.3 is 0 Å². The van der Waals surface area contributed by atoms with Gasteiger partial charge in [-0.25, -0.2) is 4.39 Å². The Morgan fingerprint density at radius 1 is 1.47 bits per heavy atom. The Morgan fingerprint density at radius 2 is 2.07 bits per heavy atom. The van der Waals surface area contributed by atoms with Crippen LogP contribution in [-0.4, -0.2) is 16.7 Å². The molecule has 2 N–H and O–H groups in total. The first-order valence-electron chi connectivity index (χ1n) is 5.20. The highest BCUT2D eigenvalue weighted by Gasteiger charge is 2.40. The molecule has 0 radical (unpaired) electrons. The summed E-state index contributed by atoms with van der Waals surface area (Å²) in [4.78, 5) is 0. The Labute approximate surface area is 89.1 Å². The van der Waals surface area contributed by atoms with Gasteiger partial charge < -0.3 is 10.4 Å². The predicted molar refractivity (Wildman–Crippen MR) is 57.0 cm³/mol.